The minimum absolute atomic E-state index is 0.0769. The standard InChI is InChI=1S/C13H16N6O2/c1-9-2-3-11(19-8-14-17-18-19)6-12(9)16-13(20)15-10-4-5-21-7-10/h2-3,6,8,10H,4-5,7H2,1H3,(H2,15,16,20)/t10-/m1/s1. The van der Waals surface area contributed by atoms with Gasteiger partial charge in [-0.1, -0.05) is 6.07 Å². The Morgan fingerprint density at radius 3 is 3.10 bits per heavy atom. The Labute approximate surface area is 121 Å². The van der Waals surface area contributed by atoms with Crippen LogP contribution in [-0.4, -0.2) is 45.5 Å². The van der Waals surface area contributed by atoms with Crippen molar-refractivity contribution in [2.45, 2.75) is 19.4 Å². The molecule has 8 heteroatoms. The lowest BCUT2D eigenvalue weighted by Crippen LogP contribution is -2.38. The SMILES string of the molecule is Cc1ccc(-n2cnnn2)cc1NC(=O)N[C@@H]1CCOC1. The monoisotopic (exact) mass is 288 g/mol. The lowest BCUT2D eigenvalue weighted by Gasteiger charge is -2.14. The average Bonchev–Trinajstić information content (AvgIpc) is 3.14. The fourth-order valence-electron chi connectivity index (χ4n) is 2.16. The first-order valence-corrected chi connectivity index (χ1v) is 6.71. The number of nitrogens with zero attached hydrogens (tertiary/aromatic N) is 4. The second-order valence-corrected chi connectivity index (χ2v) is 4.91. The summed E-state index contributed by atoms with van der Waals surface area (Å²) in [5.41, 5.74) is 2.47. The van der Waals surface area contributed by atoms with Gasteiger partial charge in [0, 0.05) is 12.3 Å². The maximum atomic E-state index is 12.0. The zero-order valence-corrected chi connectivity index (χ0v) is 11.6. The van der Waals surface area contributed by atoms with Crippen molar-refractivity contribution in [2.24, 2.45) is 0 Å². The molecule has 1 atom stereocenters. The third-order valence-corrected chi connectivity index (χ3v) is 3.35. The minimum Gasteiger partial charge on any atom is -0.379 e. The molecule has 0 unspecified atom stereocenters. The van der Waals surface area contributed by atoms with Crippen LogP contribution in [0, 0.1) is 6.92 Å². The van der Waals surface area contributed by atoms with E-state index >= 15 is 0 Å². The lowest BCUT2D eigenvalue weighted by molar-refractivity contribution is 0.189. The van der Waals surface area contributed by atoms with Gasteiger partial charge < -0.3 is 15.4 Å². The van der Waals surface area contributed by atoms with Gasteiger partial charge in [-0.2, -0.15) is 0 Å². The van der Waals surface area contributed by atoms with Gasteiger partial charge in [0.15, 0.2) is 0 Å². The van der Waals surface area contributed by atoms with Gasteiger partial charge in [0.2, 0.25) is 0 Å². The molecule has 1 aromatic carbocycles. The summed E-state index contributed by atoms with van der Waals surface area (Å²) in [7, 11) is 0. The Morgan fingerprint density at radius 1 is 1.48 bits per heavy atom. The number of hydrogen-bond donors (Lipinski definition) is 2. The number of rotatable bonds is 3. The van der Waals surface area contributed by atoms with Crippen LogP contribution in [0.1, 0.15) is 12.0 Å². The molecule has 2 N–H and O–H groups in total. The van der Waals surface area contributed by atoms with Gasteiger partial charge in [-0.15, -0.1) is 5.10 Å². The second kappa shape index (κ2) is 5.88. The number of tetrazole rings is 1. The first-order valence-electron chi connectivity index (χ1n) is 6.71. The maximum Gasteiger partial charge on any atom is 0.319 e. The van der Waals surface area contributed by atoms with E-state index in [2.05, 4.69) is 26.2 Å². The summed E-state index contributed by atoms with van der Waals surface area (Å²) in [6.45, 7) is 3.19. The van der Waals surface area contributed by atoms with Crippen molar-refractivity contribution < 1.29 is 9.53 Å². The Kier molecular flexibility index (Phi) is 3.78. The van der Waals surface area contributed by atoms with Gasteiger partial charge >= 0.3 is 6.03 Å². The zero-order valence-electron chi connectivity index (χ0n) is 11.6. The molecule has 3 rings (SSSR count). The molecule has 2 aromatic rings. The maximum absolute atomic E-state index is 12.0. The van der Waals surface area contributed by atoms with Crippen LogP contribution in [0.4, 0.5) is 10.5 Å². The molecule has 1 aromatic heterocycles. The molecule has 0 aliphatic carbocycles. The van der Waals surface area contributed by atoms with Crippen LogP contribution in [0.25, 0.3) is 5.69 Å². The fourth-order valence-corrected chi connectivity index (χ4v) is 2.16. The van der Waals surface area contributed by atoms with Gasteiger partial charge in [0.1, 0.15) is 6.33 Å². The highest BCUT2D eigenvalue weighted by atomic mass is 16.5. The number of nitrogens with one attached hydrogen (secondary N) is 2. The largest absolute Gasteiger partial charge is 0.379 e. The van der Waals surface area contributed by atoms with Crippen molar-refractivity contribution in [3.8, 4) is 5.69 Å². The van der Waals surface area contributed by atoms with Gasteiger partial charge in [-0.3, -0.25) is 0 Å². The first-order chi connectivity index (χ1) is 10.2. The van der Waals surface area contributed by atoms with Gasteiger partial charge in [0.25, 0.3) is 0 Å². The van der Waals surface area contributed by atoms with Crippen molar-refractivity contribution >= 4 is 11.7 Å². The molecule has 1 aliphatic heterocycles. The number of anilines is 1. The van der Waals surface area contributed by atoms with Crippen LogP contribution in [0.5, 0.6) is 0 Å². The van der Waals surface area contributed by atoms with E-state index in [1.54, 1.807) is 0 Å². The Bertz CT molecular complexity index is 622. The Hall–Kier alpha value is -2.48. The zero-order chi connectivity index (χ0) is 14.7. The van der Waals surface area contributed by atoms with E-state index in [-0.39, 0.29) is 12.1 Å². The summed E-state index contributed by atoms with van der Waals surface area (Å²) >= 11 is 0. The predicted molar refractivity (Wildman–Crippen MR) is 75.3 cm³/mol. The molecule has 0 bridgehead atoms. The molecule has 2 amide bonds. The Balaban J connectivity index is 1.72. The number of ether oxygens (including phenoxy) is 1. The molecule has 0 spiro atoms. The van der Waals surface area contributed by atoms with E-state index in [9.17, 15) is 4.79 Å². The molecule has 8 nitrogen and oxygen atoms in total. The van der Waals surface area contributed by atoms with Crippen LogP contribution < -0.4 is 10.6 Å². The van der Waals surface area contributed by atoms with Crippen LogP contribution in [0.15, 0.2) is 24.5 Å². The van der Waals surface area contributed by atoms with Gasteiger partial charge in [-0.25, -0.2) is 9.48 Å². The quantitative estimate of drug-likeness (QED) is 0.874. The van der Waals surface area contributed by atoms with Crippen LogP contribution in [0.2, 0.25) is 0 Å². The summed E-state index contributed by atoms with van der Waals surface area (Å²) in [5.74, 6) is 0. The number of carbonyl (C=O) groups is 1. The highest BCUT2D eigenvalue weighted by molar-refractivity contribution is 5.90. The molecule has 21 heavy (non-hydrogen) atoms. The fraction of sp³-hybridized carbons (Fsp3) is 0.385. The molecular weight excluding hydrogens is 272 g/mol. The number of aromatic nitrogens is 4. The summed E-state index contributed by atoms with van der Waals surface area (Å²) < 4.78 is 6.77. The number of urea groups is 1. The van der Waals surface area contributed by atoms with Crippen LogP contribution in [0.3, 0.4) is 0 Å². The van der Waals surface area contributed by atoms with Crippen LogP contribution in [-0.2, 0) is 4.74 Å². The number of amides is 2. The molecule has 0 radical (unpaired) electrons. The molecule has 1 aliphatic rings. The molecule has 2 heterocycles. The molecular formula is C13H16N6O2. The smallest absolute Gasteiger partial charge is 0.319 e. The van der Waals surface area contributed by atoms with Crippen molar-refractivity contribution in [3.05, 3.63) is 30.1 Å². The minimum atomic E-state index is -0.234. The average molecular weight is 288 g/mol. The third-order valence-electron chi connectivity index (χ3n) is 3.35. The molecule has 110 valence electrons. The summed E-state index contributed by atoms with van der Waals surface area (Å²) in [4.78, 5) is 12.0. The van der Waals surface area contributed by atoms with Crippen molar-refractivity contribution in [2.75, 3.05) is 18.5 Å². The molecule has 1 saturated heterocycles. The molecule has 1 fully saturated rings. The van der Waals surface area contributed by atoms with E-state index in [0.717, 1.165) is 23.4 Å². The summed E-state index contributed by atoms with van der Waals surface area (Å²) in [6, 6.07) is 5.47. The van der Waals surface area contributed by atoms with Crippen LogP contribution >= 0.6 is 0 Å². The van der Waals surface area contributed by atoms with Gasteiger partial charge in [-0.05, 0) is 41.5 Å². The number of aryl methyl sites for hydroxylation is 1. The second-order valence-electron chi connectivity index (χ2n) is 4.91. The van der Waals surface area contributed by atoms with Crippen molar-refractivity contribution in [1.82, 2.24) is 25.5 Å². The lowest BCUT2D eigenvalue weighted by atomic mass is 10.2. The highest BCUT2D eigenvalue weighted by Gasteiger charge is 2.18. The highest BCUT2D eigenvalue weighted by Crippen LogP contribution is 2.19. The topological polar surface area (TPSA) is 94.0 Å². The normalized spacial score (nSPS) is 17.7. The summed E-state index contributed by atoms with van der Waals surface area (Å²) in [5, 5.41) is 16.8. The predicted octanol–water partition coefficient (Wildman–Crippen LogP) is 0.881. The number of carbonyl (C=O) groups excluding carboxylic acids is 1. The first kappa shape index (κ1) is 13.5. The third kappa shape index (κ3) is 3.16. The summed E-state index contributed by atoms with van der Waals surface area (Å²) in [6.07, 6.45) is 2.35. The number of hydrogen-bond acceptors (Lipinski definition) is 5. The van der Waals surface area contributed by atoms with E-state index in [4.69, 9.17) is 4.74 Å². The van der Waals surface area contributed by atoms with E-state index in [0.29, 0.717) is 13.2 Å². The van der Waals surface area contributed by atoms with Gasteiger partial charge in [0.05, 0.1) is 18.3 Å². The van der Waals surface area contributed by atoms with Crippen molar-refractivity contribution in [3.63, 3.8) is 0 Å². The Morgan fingerprint density at radius 2 is 2.38 bits per heavy atom. The van der Waals surface area contributed by atoms with E-state index < -0.39 is 0 Å². The van der Waals surface area contributed by atoms with E-state index in [1.807, 2.05) is 25.1 Å². The number of benzene rings is 1. The molecule has 0 saturated carbocycles. The van der Waals surface area contributed by atoms with Crippen molar-refractivity contribution in [1.29, 1.82) is 0 Å². The van der Waals surface area contributed by atoms with E-state index in [1.165, 1.54) is 11.0 Å².